The van der Waals surface area contributed by atoms with Gasteiger partial charge in [-0.05, 0) is 42.7 Å². The zero-order chi connectivity index (χ0) is 23.2. The van der Waals surface area contributed by atoms with Gasteiger partial charge in [0, 0.05) is 17.8 Å². The molecule has 33 heavy (non-hydrogen) atoms. The fourth-order valence-electron chi connectivity index (χ4n) is 4.07. The van der Waals surface area contributed by atoms with Crippen molar-refractivity contribution in [3.8, 4) is 6.07 Å². The quantitative estimate of drug-likeness (QED) is 0.345. The molecule has 0 saturated carbocycles. The molecule has 0 bridgehead atoms. The minimum atomic E-state index is -0.137. The number of anilines is 1. The molecule has 3 aromatic rings. The average Bonchev–Trinajstić information content (AvgIpc) is 3.36. The molecule has 0 spiro atoms. The number of fused-ring (bicyclic) bond motifs is 1. The molecule has 170 valence electrons. The Balaban J connectivity index is 1.40. The summed E-state index contributed by atoms with van der Waals surface area (Å²) in [5.41, 5.74) is 3.01. The molecule has 1 aromatic carbocycles. The van der Waals surface area contributed by atoms with E-state index in [1.54, 1.807) is 11.3 Å². The second-order valence-electron chi connectivity index (χ2n) is 8.29. The van der Waals surface area contributed by atoms with E-state index in [2.05, 4.69) is 47.2 Å². The second kappa shape index (κ2) is 10.8. The number of nitrogens with one attached hydrogen (secondary N) is 1. The molecule has 8 heteroatoms. The lowest BCUT2D eigenvalue weighted by atomic mass is 9.89. The van der Waals surface area contributed by atoms with Gasteiger partial charge in [-0.3, -0.25) is 4.79 Å². The summed E-state index contributed by atoms with van der Waals surface area (Å²) in [7, 11) is 0. The topological polar surface area (TPSA) is 83.6 Å². The van der Waals surface area contributed by atoms with Gasteiger partial charge in [-0.25, -0.2) is 0 Å². The van der Waals surface area contributed by atoms with Crippen LogP contribution in [0.5, 0.6) is 0 Å². The zero-order valence-corrected chi connectivity index (χ0v) is 20.3. The predicted molar refractivity (Wildman–Crippen MR) is 134 cm³/mol. The van der Waals surface area contributed by atoms with Gasteiger partial charge in [-0.1, -0.05) is 55.1 Å². The Morgan fingerprint density at radius 1 is 1.36 bits per heavy atom. The highest BCUT2D eigenvalue weighted by Crippen LogP contribution is 2.39. The number of carbonyl (C=O) groups excluding carboxylic acids is 1. The number of hydrogen-bond donors (Lipinski definition) is 1. The van der Waals surface area contributed by atoms with Crippen molar-refractivity contribution >= 4 is 34.0 Å². The first-order valence-electron chi connectivity index (χ1n) is 11.1. The highest BCUT2D eigenvalue weighted by Gasteiger charge is 2.25. The molecule has 2 aromatic heterocycles. The van der Waals surface area contributed by atoms with E-state index in [4.69, 9.17) is 0 Å². The van der Waals surface area contributed by atoms with Crippen LogP contribution in [0.15, 0.2) is 48.1 Å². The first kappa shape index (κ1) is 23.3. The van der Waals surface area contributed by atoms with Crippen LogP contribution in [0.4, 0.5) is 5.00 Å². The monoisotopic (exact) mass is 477 g/mol. The number of nitrogens with zero attached hydrogens (tertiary/aromatic N) is 4. The number of aromatic nitrogens is 3. The summed E-state index contributed by atoms with van der Waals surface area (Å²) in [6.45, 7) is 6.68. The lowest BCUT2D eigenvalue weighted by Gasteiger charge is -2.17. The number of hydrogen-bond acceptors (Lipinski definition) is 6. The number of aryl methyl sites for hydroxylation is 2. The van der Waals surface area contributed by atoms with Crippen molar-refractivity contribution in [3.63, 3.8) is 0 Å². The lowest BCUT2D eigenvalue weighted by molar-refractivity contribution is -0.113. The zero-order valence-electron chi connectivity index (χ0n) is 18.7. The highest BCUT2D eigenvalue weighted by molar-refractivity contribution is 7.99. The maximum absolute atomic E-state index is 12.7. The van der Waals surface area contributed by atoms with Crippen LogP contribution in [0.1, 0.15) is 40.7 Å². The molecular formula is C25H27N5OS2. The first-order chi connectivity index (χ1) is 16.1. The number of benzene rings is 1. The molecule has 0 fully saturated rings. The molecular weight excluding hydrogens is 450 g/mol. The molecule has 1 N–H and O–H groups in total. The van der Waals surface area contributed by atoms with E-state index >= 15 is 0 Å². The van der Waals surface area contributed by atoms with Crippen molar-refractivity contribution in [2.45, 2.75) is 50.7 Å². The Hall–Kier alpha value is -2.89. The van der Waals surface area contributed by atoms with Crippen LogP contribution in [0.2, 0.25) is 0 Å². The molecule has 0 radical (unpaired) electrons. The summed E-state index contributed by atoms with van der Waals surface area (Å²) in [5.74, 6) is 1.57. The Morgan fingerprint density at radius 3 is 2.94 bits per heavy atom. The van der Waals surface area contributed by atoms with E-state index in [9.17, 15) is 10.1 Å². The minimum absolute atomic E-state index is 0.137. The number of rotatable bonds is 9. The van der Waals surface area contributed by atoms with E-state index in [1.165, 1.54) is 22.2 Å². The molecule has 2 heterocycles. The van der Waals surface area contributed by atoms with Crippen LogP contribution in [-0.2, 0) is 37.0 Å². The molecule has 1 aliphatic rings. The summed E-state index contributed by atoms with van der Waals surface area (Å²) >= 11 is 2.91. The van der Waals surface area contributed by atoms with Crippen LogP contribution in [0.3, 0.4) is 0 Å². The van der Waals surface area contributed by atoms with E-state index < -0.39 is 0 Å². The third-order valence-electron chi connectivity index (χ3n) is 5.79. The van der Waals surface area contributed by atoms with Gasteiger partial charge in [0.1, 0.15) is 16.9 Å². The number of thioether (sulfide) groups is 1. The van der Waals surface area contributed by atoms with Crippen molar-refractivity contribution in [2.24, 2.45) is 5.92 Å². The van der Waals surface area contributed by atoms with Crippen molar-refractivity contribution in [3.05, 3.63) is 70.4 Å². The van der Waals surface area contributed by atoms with Gasteiger partial charge in [0.05, 0.1) is 11.3 Å². The van der Waals surface area contributed by atoms with Gasteiger partial charge < -0.3 is 9.88 Å². The normalized spacial score (nSPS) is 15.0. The highest BCUT2D eigenvalue weighted by atomic mass is 32.2. The molecule has 1 aliphatic carbocycles. The third-order valence-corrected chi connectivity index (χ3v) is 7.93. The standard InChI is InChI=1S/C25H27N5OS2/c1-3-13-30-22(12-10-18-7-5-4-6-8-18)28-29-25(30)32-16-23(31)27-24-20(15-26)19-11-9-17(2)14-21(19)33-24/h3-8,17H,1,9-14,16H2,2H3,(H,27,31). The number of nitriles is 1. The SMILES string of the molecule is C=CCn1c(CCc2ccccc2)nnc1SCC(=O)Nc1sc2c(c1C#N)CCC(C)C2. The molecule has 6 nitrogen and oxygen atoms in total. The first-order valence-corrected chi connectivity index (χ1v) is 12.9. The number of carbonyl (C=O) groups is 1. The minimum Gasteiger partial charge on any atom is -0.316 e. The van der Waals surface area contributed by atoms with Gasteiger partial charge >= 0.3 is 0 Å². The van der Waals surface area contributed by atoms with Gasteiger partial charge in [-0.2, -0.15) is 5.26 Å². The Kier molecular flexibility index (Phi) is 7.63. The van der Waals surface area contributed by atoms with Gasteiger partial charge in [0.15, 0.2) is 5.16 Å². The Labute approximate surface area is 202 Å². The fourth-order valence-corrected chi connectivity index (χ4v) is 6.22. The van der Waals surface area contributed by atoms with E-state index in [0.29, 0.717) is 28.2 Å². The summed E-state index contributed by atoms with van der Waals surface area (Å²) in [6, 6.07) is 12.6. The van der Waals surface area contributed by atoms with E-state index in [0.717, 1.165) is 43.5 Å². The largest absolute Gasteiger partial charge is 0.316 e. The molecule has 0 saturated heterocycles. The van der Waals surface area contributed by atoms with Gasteiger partial charge in [-0.15, -0.1) is 28.1 Å². The van der Waals surface area contributed by atoms with Crippen molar-refractivity contribution in [1.82, 2.24) is 14.8 Å². The van der Waals surface area contributed by atoms with Crippen LogP contribution >= 0.6 is 23.1 Å². The molecule has 1 amide bonds. The lowest BCUT2D eigenvalue weighted by Crippen LogP contribution is -2.15. The smallest absolute Gasteiger partial charge is 0.235 e. The summed E-state index contributed by atoms with van der Waals surface area (Å²) in [5, 5.41) is 22.7. The van der Waals surface area contributed by atoms with E-state index in [-0.39, 0.29) is 11.7 Å². The summed E-state index contributed by atoms with van der Waals surface area (Å²) in [4.78, 5) is 13.9. The number of amides is 1. The number of allylic oxidation sites excluding steroid dienone is 1. The maximum Gasteiger partial charge on any atom is 0.235 e. The van der Waals surface area contributed by atoms with Crippen molar-refractivity contribution in [2.75, 3.05) is 11.1 Å². The predicted octanol–water partition coefficient (Wildman–Crippen LogP) is 5.04. The number of thiophene rings is 1. The molecule has 1 atom stereocenters. The Morgan fingerprint density at radius 2 is 2.18 bits per heavy atom. The van der Waals surface area contributed by atoms with Crippen LogP contribution in [0, 0.1) is 17.2 Å². The average molecular weight is 478 g/mol. The molecule has 1 unspecified atom stereocenters. The van der Waals surface area contributed by atoms with Crippen molar-refractivity contribution < 1.29 is 4.79 Å². The Bertz CT molecular complexity index is 1180. The van der Waals surface area contributed by atoms with Crippen LogP contribution in [0.25, 0.3) is 0 Å². The third kappa shape index (κ3) is 5.55. The van der Waals surface area contributed by atoms with Crippen LogP contribution < -0.4 is 5.32 Å². The summed E-state index contributed by atoms with van der Waals surface area (Å²) in [6.07, 6.45) is 6.44. The summed E-state index contributed by atoms with van der Waals surface area (Å²) < 4.78 is 2.01. The van der Waals surface area contributed by atoms with E-state index in [1.807, 2.05) is 28.8 Å². The molecule has 0 aliphatic heterocycles. The maximum atomic E-state index is 12.7. The molecule has 4 rings (SSSR count). The van der Waals surface area contributed by atoms with Crippen molar-refractivity contribution in [1.29, 1.82) is 5.26 Å². The van der Waals surface area contributed by atoms with Gasteiger partial charge in [0.2, 0.25) is 5.91 Å². The van der Waals surface area contributed by atoms with Gasteiger partial charge in [0.25, 0.3) is 0 Å². The van der Waals surface area contributed by atoms with Crippen LogP contribution in [-0.4, -0.2) is 26.4 Å². The fraction of sp³-hybridized carbons (Fsp3) is 0.360. The second-order valence-corrected chi connectivity index (χ2v) is 10.3.